The third kappa shape index (κ3) is 4.30. The maximum atomic E-state index is 9.27. The van der Waals surface area contributed by atoms with Crippen LogP contribution in [0.25, 0.3) is 0 Å². The molecule has 21 heavy (non-hydrogen) atoms. The van der Waals surface area contributed by atoms with E-state index in [0.29, 0.717) is 18.5 Å². The van der Waals surface area contributed by atoms with Crippen molar-refractivity contribution in [1.82, 2.24) is 10.3 Å². The second-order valence-electron chi connectivity index (χ2n) is 5.71. The van der Waals surface area contributed by atoms with Crippen molar-refractivity contribution in [2.45, 2.75) is 39.8 Å². The summed E-state index contributed by atoms with van der Waals surface area (Å²) in [5, 5.41) is 12.8. The van der Waals surface area contributed by atoms with Gasteiger partial charge in [-0.1, -0.05) is 45.0 Å². The summed E-state index contributed by atoms with van der Waals surface area (Å²) in [6, 6.07) is 12.6. The van der Waals surface area contributed by atoms with Crippen LogP contribution < -0.4 is 5.32 Å². The molecule has 3 nitrogen and oxygen atoms in total. The molecule has 2 N–H and O–H groups in total. The number of nitrogens with one attached hydrogen (secondary N) is 1. The molecule has 0 saturated heterocycles. The first-order valence-corrected chi connectivity index (χ1v) is 7.56. The molecule has 1 aromatic carbocycles. The minimum atomic E-state index is 0.203. The van der Waals surface area contributed by atoms with E-state index in [0.717, 1.165) is 12.1 Å². The van der Waals surface area contributed by atoms with E-state index in [1.807, 2.05) is 6.07 Å². The molecule has 0 fully saturated rings. The van der Waals surface area contributed by atoms with Crippen LogP contribution >= 0.6 is 0 Å². The van der Waals surface area contributed by atoms with E-state index in [9.17, 15) is 5.11 Å². The number of hydrogen-bond acceptors (Lipinski definition) is 3. The third-order valence-corrected chi connectivity index (χ3v) is 3.73. The zero-order valence-corrected chi connectivity index (χ0v) is 13.0. The Hall–Kier alpha value is -1.87. The van der Waals surface area contributed by atoms with Crippen molar-refractivity contribution >= 4 is 0 Å². The van der Waals surface area contributed by atoms with Crippen LogP contribution in [0.5, 0.6) is 5.75 Å². The molecule has 0 spiro atoms. The van der Waals surface area contributed by atoms with E-state index in [1.54, 1.807) is 6.07 Å². The van der Waals surface area contributed by atoms with E-state index in [4.69, 9.17) is 0 Å². The normalized spacial score (nSPS) is 12.6. The van der Waals surface area contributed by atoms with Gasteiger partial charge in [0.2, 0.25) is 0 Å². The van der Waals surface area contributed by atoms with Crippen LogP contribution in [0.15, 0.2) is 42.6 Å². The van der Waals surface area contributed by atoms with Crippen LogP contribution in [0.4, 0.5) is 0 Å². The van der Waals surface area contributed by atoms with Gasteiger partial charge in [-0.15, -0.1) is 0 Å². The lowest BCUT2D eigenvalue weighted by Crippen LogP contribution is -2.25. The fourth-order valence-corrected chi connectivity index (χ4v) is 2.43. The lowest BCUT2D eigenvalue weighted by Gasteiger charge is -2.23. The Morgan fingerprint density at radius 1 is 1.10 bits per heavy atom. The monoisotopic (exact) mass is 284 g/mol. The van der Waals surface area contributed by atoms with Gasteiger partial charge in [-0.05, 0) is 35.6 Å². The molecule has 1 aromatic heterocycles. The maximum absolute atomic E-state index is 9.27. The van der Waals surface area contributed by atoms with E-state index in [-0.39, 0.29) is 5.75 Å². The van der Waals surface area contributed by atoms with E-state index >= 15 is 0 Å². The molecule has 1 unspecified atom stereocenters. The minimum Gasteiger partial charge on any atom is -0.506 e. The third-order valence-electron chi connectivity index (χ3n) is 3.73. The highest BCUT2D eigenvalue weighted by molar-refractivity contribution is 5.25. The van der Waals surface area contributed by atoms with Crippen molar-refractivity contribution in [2.75, 3.05) is 0 Å². The average molecular weight is 284 g/mol. The van der Waals surface area contributed by atoms with Crippen LogP contribution in [-0.4, -0.2) is 10.1 Å². The molecule has 0 bridgehead atoms. The van der Waals surface area contributed by atoms with Crippen molar-refractivity contribution in [2.24, 2.45) is 5.92 Å². The molecule has 2 aromatic rings. The number of aryl methyl sites for hydroxylation is 1. The van der Waals surface area contributed by atoms with E-state index in [2.05, 4.69) is 55.3 Å². The Labute approximate surface area is 127 Å². The highest BCUT2D eigenvalue weighted by Crippen LogP contribution is 2.22. The molecular formula is C18H24N2O. The highest BCUT2D eigenvalue weighted by atomic mass is 16.3. The lowest BCUT2D eigenvalue weighted by molar-refractivity contribution is 0.408. The summed E-state index contributed by atoms with van der Waals surface area (Å²) in [7, 11) is 0. The Bertz CT molecular complexity index is 546. The van der Waals surface area contributed by atoms with Crippen molar-refractivity contribution in [1.29, 1.82) is 0 Å². The van der Waals surface area contributed by atoms with Gasteiger partial charge in [-0.2, -0.15) is 0 Å². The molecule has 1 atom stereocenters. The number of aromatic hydroxyl groups is 1. The van der Waals surface area contributed by atoms with Crippen molar-refractivity contribution in [3.63, 3.8) is 0 Å². The molecule has 0 aliphatic heterocycles. The highest BCUT2D eigenvalue weighted by Gasteiger charge is 2.15. The quantitative estimate of drug-likeness (QED) is 0.847. The Balaban J connectivity index is 2.06. The summed E-state index contributed by atoms with van der Waals surface area (Å²) in [5.41, 5.74) is 3.60. The molecule has 0 aliphatic carbocycles. The summed E-state index contributed by atoms with van der Waals surface area (Å²) < 4.78 is 0. The van der Waals surface area contributed by atoms with Crippen LogP contribution in [-0.2, 0) is 13.0 Å². The molecule has 3 heteroatoms. The number of pyridine rings is 1. The number of aromatic nitrogens is 1. The van der Waals surface area contributed by atoms with Crippen LogP contribution in [0, 0.1) is 5.92 Å². The van der Waals surface area contributed by atoms with Crippen LogP contribution in [0.1, 0.15) is 43.6 Å². The number of hydrogen-bond donors (Lipinski definition) is 2. The van der Waals surface area contributed by atoms with E-state index in [1.165, 1.54) is 17.3 Å². The Morgan fingerprint density at radius 3 is 2.33 bits per heavy atom. The molecular weight excluding hydrogens is 260 g/mol. The molecule has 0 saturated carbocycles. The topological polar surface area (TPSA) is 45.1 Å². The van der Waals surface area contributed by atoms with Gasteiger partial charge >= 0.3 is 0 Å². The largest absolute Gasteiger partial charge is 0.506 e. The predicted octanol–water partition coefficient (Wildman–Crippen LogP) is 3.84. The summed E-state index contributed by atoms with van der Waals surface area (Å²) in [6.07, 6.45) is 2.55. The molecule has 2 rings (SSSR count). The number of nitrogens with zero attached hydrogens (tertiary/aromatic N) is 1. The smallest absolute Gasteiger partial charge is 0.133 e. The Kier molecular flexibility index (Phi) is 5.34. The first-order chi connectivity index (χ1) is 10.1. The van der Waals surface area contributed by atoms with Crippen LogP contribution in [0.2, 0.25) is 0 Å². The second kappa shape index (κ2) is 7.23. The molecule has 0 amide bonds. The van der Waals surface area contributed by atoms with Gasteiger partial charge in [0.15, 0.2) is 0 Å². The summed E-state index contributed by atoms with van der Waals surface area (Å²) in [5.74, 6) is 0.698. The predicted molar refractivity (Wildman–Crippen MR) is 86.1 cm³/mol. The van der Waals surface area contributed by atoms with Gasteiger partial charge in [-0.25, -0.2) is 0 Å². The van der Waals surface area contributed by atoms with Gasteiger partial charge in [0.1, 0.15) is 5.75 Å². The molecule has 1 heterocycles. The Morgan fingerprint density at radius 2 is 1.81 bits per heavy atom. The summed E-state index contributed by atoms with van der Waals surface area (Å²) in [4.78, 5) is 4.22. The second-order valence-corrected chi connectivity index (χ2v) is 5.71. The van der Waals surface area contributed by atoms with Gasteiger partial charge in [0, 0.05) is 12.6 Å². The zero-order valence-electron chi connectivity index (χ0n) is 13.0. The van der Waals surface area contributed by atoms with Gasteiger partial charge in [0.25, 0.3) is 0 Å². The van der Waals surface area contributed by atoms with Crippen LogP contribution in [0.3, 0.4) is 0 Å². The maximum Gasteiger partial charge on any atom is 0.133 e. The standard InChI is InChI=1S/C18H24N2O/c1-4-14-5-7-15(8-6-14)18(13(2)3)20-11-16-9-10-17(21)12-19-16/h5-10,12-13,18,20-21H,4,11H2,1-3H3. The first kappa shape index (κ1) is 15.5. The zero-order chi connectivity index (χ0) is 15.2. The van der Waals surface area contributed by atoms with Gasteiger partial charge < -0.3 is 10.4 Å². The fraction of sp³-hybridized carbons (Fsp3) is 0.389. The van der Waals surface area contributed by atoms with Crippen molar-refractivity contribution < 1.29 is 5.11 Å². The van der Waals surface area contributed by atoms with E-state index < -0.39 is 0 Å². The van der Waals surface area contributed by atoms with Crippen molar-refractivity contribution in [3.8, 4) is 5.75 Å². The number of rotatable bonds is 6. The average Bonchev–Trinajstić information content (AvgIpc) is 2.49. The molecule has 0 radical (unpaired) electrons. The lowest BCUT2D eigenvalue weighted by atomic mass is 9.95. The SMILES string of the molecule is CCc1ccc(C(NCc2ccc(O)cn2)C(C)C)cc1. The molecule has 112 valence electrons. The summed E-state index contributed by atoms with van der Waals surface area (Å²) >= 11 is 0. The molecule has 0 aliphatic rings. The fourth-order valence-electron chi connectivity index (χ4n) is 2.43. The van der Waals surface area contributed by atoms with Gasteiger partial charge in [-0.3, -0.25) is 4.98 Å². The van der Waals surface area contributed by atoms with Crippen molar-refractivity contribution in [3.05, 3.63) is 59.4 Å². The van der Waals surface area contributed by atoms with Gasteiger partial charge in [0.05, 0.1) is 11.9 Å². The number of benzene rings is 1. The first-order valence-electron chi connectivity index (χ1n) is 7.56. The summed E-state index contributed by atoms with van der Waals surface area (Å²) in [6.45, 7) is 7.30. The minimum absolute atomic E-state index is 0.203.